The quantitative estimate of drug-likeness (QED) is 0.681. The van der Waals surface area contributed by atoms with Gasteiger partial charge in [-0.2, -0.15) is 5.10 Å². The molecule has 0 spiro atoms. The van der Waals surface area contributed by atoms with Crippen molar-refractivity contribution in [3.8, 4) is 5.69 Å². The van der Waals surface area contributed by atoms with Crippen LogP contribution in [0.4, 0.5) is 11.5 Å². The first-order chi connectivity index (χ1) is 8.41. The lowest BCUT2D eigenvalue weighted by Gasteiger charge is -2.08. The van der Waals surface area contributed by atoms with Crippen molar-refractivity contribution < 1.29 is 4.92 Å². The fraction of sp³-hybridized carbons (Fsp3) is 0. The third kappa shape index (κ3) is 2.10. The molecule has 2 N–H and O–H groups in total. The fourth-order valence-corrected chi connectivity index (χ4v) is 2.38. The summed E-state index contributed by atoms with van der Waals surface area (Å²) >= 11 is 17.7. The minimum absolute atomic E-state index is 0.161. The van der Waals surface area contributed by atoms with Gasteiger partial charge in [-0.25, -0.2) is 4.68 Å². The largest absolute Gasteiger partial charge is 0.378 e. The average Bonchev–Trinajstić information content (AvgIpc) is 2.59. The molecule has 6 nitrogen and oxygen atoms in total. The Morgan fingerprint density at radius 1 is 1.28 bits per heavy atom. The topological polar surface area (TPSA) is 87.0 Å². The highest BCUT2D eigenvalue weighted by atomic mass is 35.5. The smallest absolute Gasteiger partial charge is 0.331 e. The molecule has 1 heterocycles. The first kappa shape index (κ1) is 12.9. The summed E-state index contributed by atoms with van der Waals surface area (Å²) in [5, 5.41) is 15.2. The number of nitro groups is 1. The van der Waals surface area contributed by atoms with Gasteiger partial charge in [0.05, 0.1) is 15.0 Å². The van der Waals surface area contributed by atoms with Crippen LogP contribution in [-0.2, 0) is 0 Å². The fourth-order valence-electron chi connectivity index (χ4n) is 1.41. The molecular formula is C9H5Cl3N4O2. The number of rotatable bonds is 2. The lowest BCUT2D eigenvalue weighted by Crippen LogP contribution is -2.04. The predicted octanol–water partition coefficient (Wildman–Crippen LogP) is 3.32. The molecule has 94 valence electrons. The van der Waals surface area contributed by atoms with Crippen molar-refractivity contribution >= 4 is 46.3 Å². The minimum Gasteiger partial charge on any atom is -0.378 e. The molecule has 0 fully saturated rings. The summed E-state index contributed by atoms with van der Waals surface area (Å²) in [6.07, 6.45) is 1.02. The maximum atomic E-state index is 10.7. The molecule has 0 saturated carbocycles. The summed E-state index contributed by atoms with van der Waals surface area (Å²) in [5.74, 6) is -0.161. The van der Waals surface area contributed by atoms with E-state index in [1.165, 1.54) is 12.1 Å². The predicted molar refractivity (Wildman–Crippen MR) is 69.7 cm³/mol. The minimum atomic E-state index is -0.642. The van der Waals surface area contributed by atoms with Crippen LogP contribution in [-0.4, -0.2) is 14.7 Å². The number of halogens is 3. The zero-order chi connectivity index (χ0) is 13.4. The summed E-state index contributed by atoms with van der Waals surface area (Å²) in [6, 6.07) is 2.88. The zero-order valence-electron chi connectivity index (χ0n) is 8.60. The van der Waals surface area contributed by atoms with Gasteiger partial charge in [0.2, 0.25) is 5.82 Å². The van der Waals surface area contributed by atoms with Crippen molar-refractivity contribution in [2.24, 2.45) is 0 Å². The Hall–Kier alpha value is -1.50. The SMILES string of the molecule is Nc1c([N+](=O)[O-])cnn1-c1c(Cl)cc(Cl)cc1Cl. The van der Waals surface area contributed by atoms with Gasteiger partial charge in [-0.05, 0) is 12.1 Å². The van der Waals surface area contributed by atoms with Crippen molar-refractivity contribution in [2.45, 2.75) is 0 Å². The number of hydrogen-bond acceptors (Lipinski definition) is 4. The molecule has 0 bridgehead atoms. The first-order valence-electron chi connectivity index (χ1n) is 4.54. The van der Waals surface area contributed by atoms with Crippen LogP contribution in [0.15, 0.2) is 18.3 Å². The van der Waals surface area contributed by atoms with Gasteiger partial charge in [0.25, 0.3) is 0 Å². The van der Waals surface area contributed by atoms with Gasteiger partial charge >= 0.3 is 5.69 Å². The summed E-state index contributed by atoms with van der Waals surface area (Å²) in [7, 11) is 0. The Balaban J connectivity index is 2.67. The number of aromatic nitrogens is 2. The van der Waals surface area contributed by atoms with Crippen molar-refractivity contribution in [1.29, 1.82) is 0 Å². The third-order valence-corrected chi connectivity index (χ3v) is 2.97. The third-order valence-electron chi connectivity index (χ3n) is 2.18. The van der Waals surface area contributed by atoms with E-state index in [0.29, 0.717) is 5.02 Å². The van der Waals surface area contributed by atoms with E-state index in [9.17, 15) is 10.1 Å². The molecule has 0 radical (unpaired) electrons. The number of nitrogens with two attached hydrogens (primary N) is 1. The highest BCUT2D eigenvalue weighted by Crippen LogP contribution is 2.35. The number of nitrogens with zero attached hydrogens (tertiary/aromatic N) is 3. The van der Waals surface area contributed by atoms with Crippen LogP contribution in [0.1, 0.15) is 0 Å². The van der Waals surface area contributed by atoms with Crippen LogP contribution < -0.4 is 5.73 Å². The van der Waals surface area contributed by atoms with Gasteiger partial charge in [-0.1, -0.05) is 34.8 Å². The molecule has 0 aliphatic carbocycles. The van der Waals surface area contributed by atoms with Gasteiger partial charge < -0.3 is 5.73 Å². The molecule has 0 aliphatic heterocycles. The zero-order valence-corrected chi connectivity index (χ0v) is 10.9. The number of hydrogen-bond donors (Lipinski definition) is 1. The van der Waals surface area contributed by atoms with Crippen molar-refractivity contribution in [1.82, 2.24) is 9.78 Å². The van der Waals surface area contributed by atoms with Crippen molar-refractivity contribution in [3.63, 3.8) is 0 Å². The molecule has 1 aromatic carbocycles. The summed E-state index contributed by atoms with van der Waals surface area (Å²) in [6.45, 7) is 0. The molecule has 0 atom stereocenters. The molecule has 2 aromatic rings. The van der Waals surface area contributed by atoms with E-state index in [-0.39, 0.29) is 27.2 Å². The Morgan fingerprint density at radius 3 is 2.28 bits per heavy atom. The maximum Gasteiger partial charge on any atom is 0.331 e. The second-order valence-electron chi connectivity index (χ2n) is 3.30. The monoisotopic (exact) mass is 306 g/mol. The average molecular weight is 308 g/mol. The van der Waals surface area contributed by atoms with Gasteiger partial charge in [-0.15, -0.1) is 0 Å². The molecule has 1 aromatic heterocycles. The van der Waals surface area contributed by atoms with Gasteiger partial charge in [-0.3, -0.25) is 10.1 Å². The molecule has 0 unspecified atom stereocenters. The second kappa shape index (κ2) is 4.64. The molecule has 2 rings (SSSR count). The van der Waals surface area contributed by atoms with Crippen LogP contribution in [0.3, 0.4) is 0 Å². The van der Waals surface area contributed by atoms with Crippen LogP contribution in [0.5, 0.6) is 0 Å². The first-order valence-corrected chi connectivity index (χ1v) is 5.68. The Labute approximate surface area is 116 Å². The van der Waals surface area contributed by atoms with E-state index in [1.807, 2.05) is 0 Å². The van der Waals surface area contributed by atoms with E-state index >= 15 is 0 Å². The van der Waals surface area contributed by atoms with E-state index in [0.717, 1.165) is 10.9 Å². The van der Waals surface area contributed by atoms with E-state index in [1.54, 1.807) is 0 Å². The van der Waals surface area contributed by atoms with Crippen LogP contribution in [0.2, 0.25) is 15.1 Å². The molecule has 18 heavy (non-hydrogen) atoms. The maximum absolute atomic E-state index is 10.7. The molecule has 0 amide bonds. The van der Waals surface area contributed by atoms with Crippen LogP contribution in [0.25, 0.3) is 5.69 Å². The van der Waals surface area contributed by atoms with E-state index in [2.05, 4.69) is 5.10 Å². The van der Waals surface area contributed by atoms with Gasteiger partial charge in [0.15, 0.2) is 0 Å². The van der Waals surface area contributed by atoms with Crippen LogP contribution >= 0.6 is 34.8 Å². The summed E-state index contributed by atoms with van der Waals surface area (Å²) < 4.78 is 1.10. The highest BCUT2D eigenvalue weighted by Gasteiger charge is 2.21. The Morgan fingerprint density at radius 2 is 1.83 bits per heavy atom. The normalized spacial score (nSPS) is 10.6. The lowest BCUT2D eigenvalue weighted by atomic mass is 10.3. The van der Waals surface area contributed by atoms with Crippen LogP contribution in [0, 0.1) is 10.1 Å². The molecule has 0 aliphatic rings. The second-order valence-corrected chi connectivity index (χ2v) is 4.55. The highest BCUT2D eigenvalue weighted by molar-refractivity contribution is 6.40. The van der Waals surface area contributed by atoms with Crippen molar-refractivity contribution in [3.05, 3.63) is 43.5 Å². The van der Waals surface area contributed by atoms with Gasteiger partial charge in [0.1, 0.15) is 11.9 Å². The number of benzene rings is 1. The summed E-state index contributed by atoms with van der Waals surface area (Å²) in [5.41, 5.74) is 5.54. The molecular weight excluding hydrogens is 302 g/mol. The van der Waals surface area contributed by atoms with E-state index < -0.39 is 4.92 Å². The van der Waals surface area contributed by atoms with Crippen molar-refractivity contribution in [2.75, 3.05) is 5.73 Å². The number of nitrogen functional groups attached to an aromatic ring is 1. The van der Waals surface area contributed by atoms with E-state index in [4.69, 9.17) is 40.5 Å². The number of anilines is 1. The Bertz CT molecular complexity index is 618. The standard InChI is InChI=1S/C9H5Cl3N4O2/c10-4-1-5(11)8(6(12)2-4)15-9(13)7(3-14-15)16(17)18/h1-3H,13H2. The Kier molecular flexibility index (Phi) is 3.34. The lowest BCUT2D eigenvalue weighted by molar-refractivity contribution is -0.383. The van der Waals surface area contributed by atoms with Gasteiger partial charge in [0, 0.05) is 5.02 Å². The molecule has 9 heteroatoms. The summed E-state index contributed by atoms with van der Waals surface area (Å²) in [4.78, 5) is 10.0. The molecule has 0 saturated heterocycles.